The second-order valence-electron chi connectivity index (χ2n) is 2.81. The molecule has 62 valence electrons. The summed E-state index contributed by atoms with van der Waals surface area (Å²) in [6, 6.07) is 0. The van der Waals surface area contributed by atoms with E-state index >= 15 is 0 Å². The molecule has 3 N–H and O–H groups in total. The van der Waals surface area contributed by atoms with Gasteiger partial charge in [0, 0.05) is 6.54 Å². The van der Waals surface area contributed by atoms with Crippen molar-refractivity contribution >= 4 is 0 Å². The molecule has 0 aromatic heterocycles. The lowest BCUT2D eigenvalue weighted by Crippen LogP contribution is -2.22. The van der Waals surface area contributed by atoms with Crippen LogP contribution in [0.5, 0.6) is 0 Å². The van der Waals surface area contributed by atoms with Gasteiger partial charge in [0.15, 0.2) is 0 Å². The van der Waals surface area contributed by atoms with E-state index in [1.165, 1.54) is 0 Å². The summed E-state index contributed by atoms with van der Waals surface area (Å²) in [4.78, 5) is 0. The Morgan fingerprint density at radius 3 is 2.10 bits per heavy atom. The van der Waals surface area contributed by atoms with Gasteiger partial charge >= 0.3 is 0 Å². The van der Waals surface area contributed by atoms with E-state index in [0.29, 0.717) is 12.5 Å². The van der Waals surface area contributed by atoms with Crippen molar-refractivity contribution in [2.75, 3.05) is 6.54 Å². The topological polar surface area (TPSA) is 46.2 Å². The molecule has 1 atom stereocenters. The number of nitrogens with two attached hydrogens (primary N) is 1. The van der Waals surface area contributed by atoms with E-state index in [0.717, 1.165) is 19.3 Å². The minimum absolute atomic E-state index is 0.287. The molecule has 0 saturated heterocycles. The average Bonchev–Trinajstić information content (AvgIpc) is 1.99. The molecule has 0 fully saturated rings. The number of hydrogen-bond acceptors (Lipinski definition) is 2. The standard InChI is InChI=1S/C8H19NO/c1-3-7(4-2)5-8(10)6-9/h7-8,10H,3-6,9H2,1-2H3. The van der Waals surface area contributed by atoms with Gasteiger partial charge in [-0.3, -0.25) is 0 Å². The van der Waals surface area contributed by atoms with Crippen LogP contribution in [0.1, 0.15) is 33.1 Å². The molecule has 0 rings (SSSR count). The zero-order valence-electron chi connectivity index (χ0n) is 7.01. The number of rotatable bonds is 5. The SMILES string of the molecule is CCC(CC)CC(O)CN. The molecule has 0 aliphatic heterocycles. The molecule has 0 amide bonds. The number of aliphatic hydroxyl groups excluding tert-OH is 1. The fourth-order valence-corrected chi connectivity index (χ4v) is 1.10. The molecule has 10 heavy (non-hydrogen) atoms. The highest BCUT2D eigenvalue weighted by atomic mass is 16.3. The molecular weight excluding hydrogens is 126 g/mol. The van der Waals surface area contributed by atoms with Crippen LogP contribution in [0, 0.1) is 5.92 Å². The Kier molecular flexibility index (Phi) is 5.64. The van der Waals surface area contributed by atoms with Gasteiger partial charge in [0.25, 0.3) is 0 Å². The zero-order chi connectivity index (χ0) is 7.98. The summed E-state index contributed by atoms with van der Waals surface area (Å²) in [5, 5.41) is 9.17. The van der Waals surface area contributed by atoms with Crippen molar-refractivity contribution in [1.82, 2.24) is 0 Å². The van der Waals surface area contributed by atoms with Crippen LogP contribution in [0.25, 0.3) is 0 Å². The van der Waals surface area contributed by atoms with Crippen LogP contribution in [0.15, 0.2) is 0 Å². The van der Waals surface area contributed by atoms with Gasteiger partial charge in [-0.25, -0.2) is 0 Å². The summed E-state index contributed by atoms with van der Waals surface area (Å²) < 4.78 is 0. The van der Waals surface area contributed by atoms with Crippen molar-refractivity contribution in [2.45, 2.75) is 39.2 Å². The summed E-state index contributed by atoms with van der Waals surface area (Å²) in [6.07, 6.45) is 2.87. The van der Waals surface area contributed by atoms with Gasteiger partial charge in [0.1, 0.15) is 0 Å². The lowest BCUT2D eigenvalue weighted by molar-refractivity contribution is 0.147. The van der Waals surface area contributed by atoms with Crippen LogP contribution < -0.4 is 5.73 Å². The molecule has 0 aliphatic carbocycles. The molecule has 0 radical (unpaired) electrons. The molecule has 2 heteroatoms. The number of hydrogen-bond donors (Lipinski definition) is 2. The Morgan fingerprint density at radius 2 is 1.80 bits per heavy atom. The first-order chi connectivity index (χ1) is 4.74. The molecule has 0 aromatic carbocycles. The Bertz CT molecular complexity index is 71.7. The molecule has 1 unspecified atom stereocenters. The highest BCUT2D eigenvalue weighted by molar-refractivity contribution is 4.62. The third-order valence-electron chi connectivity index (χ3n) is 2.03. The summed E-state index contributed by atoms with van der Waals surface area (Å²) in [5.41, 5.74) is 5.28. The molecule has 0 saturated carbocycles. The minimum Gasteiger partial charge on any atom is -0.392 e. The van der Waals surface area contributed by atoms with Crippen LogP contribution >= 0.6 is 0 Å². The summed E-state index contributed by atoms with van der Waals surface area (Å²) in [6.45, 7) is 4.70. The number of aliphatic hydroxyl groups is 1. The fraction of sp³-hybridized carbons (Fsp3) is 1.00. The van der Waals surface area contributed by atoms with Crippen molar-refractivity contribution in [3.05, 3.63) is 0 Å². The van der Waals surface area contributed by atoms with Crippen molar-refractivity contribution in [2.24, 2.45) is 11.7 Å². The van der Waals surface area contributed by atoms with Gasteiger partial charge in [-0.2, -0.15) is 0 Å². The first-order valence-electron chi connectivity index (χ1n) is 4.12. The van der Waals surface area contributed by atoms with Gasteiger partial charge < -0.3 is 10.8 Å². The second-order valence-corrected chi connectivity index (χ2v) is 2.81. The third-order valence-corrected chi connectivity index (χ3v) is 2.03. The highest BCUT2D eigenvalue weighted by Crippen LogP contribution is 2.13. The van der Waals surface area contributed by atoms with Crippen molar-refractivity contribution in [3.8, 4) is 0 Å². The van der Waals surface area contributed by atoms with Crippen LogP contribution in [0.3, 0.4) is 0 Å². The zero-order valence-corrected chi connectivity index (χ0v) is 7.01. The normalized spacial score (nSPS) is 14.1. The molecule has 0 aromatic rings. The molecule has 0 aliphatic rings. The monoisotopic (exact) mass is 145 g/mol. The Labute approximate surface area is 63.4 Å². The van der Waals surface area contributed by atoms with Crippen LogP contribution in [-0.4, -0.2) is 17.8 Å². The average molecular weight is 145 g/mol. The summed E-state index contributed by atoms with van der Waals surface area (Å²) in [5.74, 6) is 0.651. The van der Waals surface area contributed by atoms with Crippen LogP contribution in [0.4, 0.5) is 0 Å². The smallest absolute Gasteiger partial charge is 0.0665 e. The van der Waals surface area contributed by atoms with Crippen molar-refractivity contribution in [1.29, 1.82) is 0 Å². The fourth-order valence-electron chi connectivity index (χ4n) is 1.10. The van der Waals surface area contributed by atoms with Crippen molar-refractivity contribution < 1.29 is 5.11 Å². The maximum Gasteiger partial charge on any atom is 0.0665 e. The molecule has 0 heterocycles. The maximum atomic E-state index is 9.17. The minimum atomic E-state index is -0.287. The molecule has 0 bridgehead atoms. The second kappa shape index (κ2) is 5.69. The van der Waals surface area contributed by atoms with Crippen LogP contribution in [0.2, 0.25) is 0 Å². The van der Waals surface area contributed by atoms with Crippen molar-refractivity contribution in [3.63, 3.8) is 0 Å². The Hall–Kier alpha value is -0.0800. The molecule has 0 spiro atoms. The van der Waals surface area contributed by atoms with E-state index in [1.54, 1.807) is 0 Å². The first-order valence-corrected chi connectivity index (χ1v) is 4.12. The lowest BCUT2D eigenvalue weighted by Gasteiger charge is -2.15. The summed E-state index contributed by atoms with van der Waals surface area (Å²) >= 11 is 0. The summed E-state index contributed by atoms with van der Waals surface area (Å²) in [7, 11) is 0. The quantitative estimate of drug-likeness (QED) is 0.609. The highest BCUT2D eigenvalue weighted by Gasteiger charge is 2.08. The van der Waals surface area contributed by atoms with E-state index in [4.69, 9.17) is 10.8 Å². The van der Waals surface area contributed by atoms with E-state index < -0.39 is 0 Å². The van der Waals surface area contributed by atoms with Gasteiger partial charge in [-0.15, -0.1) is 0 Å². The largest absolute Gasteiger partial charge is 0.392 e. The maximum absolute atomic E-state index is 9.17. The Balaban J connectivity index is 3.41. The van der Waals surface area contributed by atoms with Crippen LogP contribution in [-0.2, 0) is 0 Å². The molecular formula is C8H19NO. The van der Waals surface area contributed by atoms with Gasteiger partial charge in [0.05, 0.1) is 6.10 Å². The molecule has 2 nitrogen and oxygen atoms in total. The van der Waals surface area contributed by atoms with E-state index in [-0.39, 0.29) is 6.10 Å². The Morgan fingerprint density at radius 1 is 1.30 bits per heavy atom. The van der Waals surface area contributed by atoms with Gasteiger partial charge in [0.2, 0.25) is 0 Å². The first kappa shape index (κ1) is 9.92. The predicted octanol–water partition coefficient (Wildman–Crippen LogP) is 1.13. The van der Waals surface area contributed by atoms with Gasteiger partial charge in [-0.1, -0.05) is 26.7 Å². The van der Waals surface area contributed by atoms with Gasteiger partial charge in [-0.05, 0) is 12.3 Å². The lowest BCUT2D eigenvalue weighted by atomic mass is 9.96. The third kappa shape index (κ3) is 3.85. The predicted molar refractivity (Wildman–Crippen MR) is 43.8 cm³/mol. The van der Waals surface area contributed by atoms with E-state index in [2.05, 4.69) is 13.8 Å². The van der Waals surface area contributed by atoms with E-state index in [1.807, 2.05) is 0 Å². The van der Waals surface area contributed by atoms with E-state index in [9.17, 15) is 0 Å².